The van der Waals surface area contributed by atoms with E-state index in [1.54, 1.807) is 30.0 Å². The molecule has 24 heavy (non-hydrogen) atoms. The summed E-state index contributed by atoms with van der Waals surface area (Å²) in [6.45, 7) is 6.04. The molecule has 1 atom stereocenters. The van der Waals surface area contributed by atoms with Crippen LogP contribution in [0.5, 0.6) is 0 Å². The number of rotatable bonds is 5. The van der Waals surface area contributed by atoms with Crippen LogP contribution in [0.2, 0.25) is 0 Å². The number of benzene rings is 1. The molecule has 0 saturated carbocycles. The third kappa shape index (κ3) is 4.99. The maximum absolute atomic E-state index is 12.2. The lowest BCUT2D eigenvalue weighted by Gasteiger charge is -2.15. The molecule has 2 N–H and O–H groups in total. The number of anilines is 1. The highest BCUT2D eigenvalue weighted by molar-refractivity contribution is 7.99. The number of carbonyl (C=O) groups excluding carboxylic acids is 3. The molecule has 0 bridgehead atoms. The Balaban J connectivity index is 2.02. The fourth-order valence-electron chi connectivity index (χ4n) is 2.08. The lowest BCUT2D eigenvalue weighted by atomic mass is 10.2. The first kappa shape index (κ1) is 18.3. The smallest absolute Gasteiger partial charge is 0.338 e. The van der Waals surface area contributed by atoms with E-state index in [2.05, 4.69) is 10.6 Å². The number of fused-ring (bicyclic) bond motifs is 1. The van der Waals surface area contributed by atoms with Crippen molar-refractivity contribution in [2.45, 2.75) is 38.2 Å². The van der Waals surface area contributed by atoms with Gasteiger partial charge in [0, 0.05) is 23.6 Å². The number of amides is 2. The molecule has 0 radical (unpaired) electrons. The van der Waals surface area contributed by atoms with Crippen LogP contribution in [0.3, 0.4) is 0 Å². The second kappa shape index (κ2) is 8.19. The average Bonchev–Trinajstić information content (AvgIpc) is 2.71. The van der Waals surface area contributed by atoms with E-state index >= 15 is 0 Å². The zero-order valence-electron chi connectivity index (χ0n) is 14.0. The number of thioether (sulfide) groups is 1. The Morgan fingerprint density at radius 2 is 2.08 bits per heavy atom. The number of esters is 1. The van der Waals surface area contributed by atoms with Crippen LogP contribution in [-0.4, -0.2) is 36.2 Å². The Bertz CT molecular complexity index is 645. The van der Waals surface area contributed by atoms with Crippen molar-refractivity contribution in [2.24, 2.45) is 5.92 Å². The standard InChI is InChI=1S/C17H22N2O4S/c1-10(2)9-18-16(21)11(3)23-17(22)12-4-5-14-13(8-12)19-15(20)6-7-24-14/h4-5,8,10-11H,6-7,9H2,1-3H3,(H,18,21)(H,19,20)/t11-/m1/s1. The first-order chi connectivity index (χ1) is 11.4. The molecule has 1 aliphatic rings. The summed E-state index contributed by atoms with van der Waals surface area (Å²) in [4.78, 5) is 36.7. The van der Waals surface area contributed by atoms with E-state index in [1.807, 2.05) is 13.8 Å². The molecule has 7 heteroatoms. The van der Waals surface area contributed by atoms with Gasteiger partial charge < -0.3 is 15.4 Å². The van der Waals surface area contributed by atoms with E-state index in [1.165, 1.54) is 6.92 Å². The number of ether oxygens (including phenoxy) is 1. The van der Waals surface area contributed by atoms with Crippen LogP contribution >= 0.6 is 11.8 Å². The molecule has 0 aliphatic carbocycles. The molecule has 130 valence electrons. The summed E-state index contributed by atoms with van der Waals surface area (Å²) in [5, 5.41) is 5.51. The molecule has 0 unspecified atom stereocenters. The molecule has 2 amide bonds. The quantitative estimate of drug-likeness (QED) is 0.797. The second-order valence-corrected chi connectivity index (χ2v) is 7.18. The second-order valence-electron chi connectivity index (χ2n) is 6.04. The van der Waals surface area contributed by atoms with Gasteiger partial charge in [-0.25, -0.2) is 4.79 Å². The van der Waals surface area contributed by atoms with Gasteiger partial charge in [-0.15, -0.1) is 11.8 Å². The molecular weight excluding hydrogens is 328 g/mol. The Hall–Kier alpha value is -2.02. The Kier molecular flexibility index (Phi) is 6.25. The molecule has 1 aromatic rings. The van der Waals surface area contributed by atoms with Crippen LogP contribution in [0.25, 0.3) is 0 Å². The molecule has 0 aromatic heterocycles. The van der Waals surface area contributed by atoms with E-state index in [4.69, 9.17) is 4.74 Å². The van der Waals surface area contributed by atoms with Gasteiger partial charge >= 0.3 is 5.97 Å². The highest BCUT2D eigenvalue weighted by Crippen LogP contribution is 2.31. The molecule has 1 heterocycles. The van der Waals surface area contributed by atoms with Crippen LogP contribution in [0.1, 0.15) is 37.6 Å². The summed E-state index contributed by atoms with van der Waals surface area (Å²) in [6, 6.07) is 5.02. The summed E-state index contributed by atoms with van der Waals surface area (Å²) >= 11 is 1.56. The van der Waals surface area contributed by atoms with Gasteiger partial charge in [0.25, 0.3) is 5.91 Å². The zero-order chi connectivity index (χ0) is 17.7. The Morgan fingerprint density at radius 1 is 1.33 bits per heavy atom. The van der Waals surface area contributed by atoms with Crippen molar-refractivity contribution in [1.29, 1.82) is 0 Å². The Labute approximate surface area is 145 Å². The van der Waals surface area contributed by atoms with Crippen molar-refractivity contribution in [3.05, 3.63) is 23.8 Å². The largest absolute Gasteiger partial charge is 0.449 e. The van der Waals surface area contributed by atoms with Crippen molar-refractivity contribution in [2.75, 3.05) is 17.6 Å². The van der Waals surface area contributed by atoms with Crippen LogP contribution in [0.15, 0.2) is 23.1 Å². The van der Waals surface area contributed by atoms with Gasteiger partial charge in [0.05, 0.1) is 11.3 Å². The lowest BCUT2D eigenvalue weighted by molar-refractivity contribution is -0.129. The predicted molar refractivity (Wildman–Crippen MR) is 93.1 cm³/mol. The van der Waals surface area contributed by atoms with Gasteiger partial charge in [0.2, 0.25) is 5.91 Å². The number of hydrogen-bond donors (Lipinski definition) is 2. The van der Waals surface area contributed by atoms with Gasteiger partial charge in [-0.2, -0.15) is 0 Å². The zero-order valence-corrected chi connectivity index (χ0v) is 14.9. The first-order valence-corrected chi connectivity index (χ1v) is 8.90. The van der Waals surface area contributed by atoms with Crippen LogP contribution in [-0.2, 0) is 14.3 Å². The van der Waals surface area contributed by atoms with Gasteiger partial charge in [-0.1, -0.05) is 13.8 Å². The fourth-order valence-corrected chi connectivity index (χ4v) is 3.01. The molecule has 0 saturated heterocycles. The summed E-state index contributed by atoms with van der Waals surface area (Å²) < 4.78 is 5.21. The summed E-state index contributed by atoms with van der Waals surface area (Å²) in [6.07, 6.45) is -0.439. The predicted octanol–water partition coefficient (Wildman–Crippen LogP) is 2.44. The lowest BCUT2D eigenvalue weighted by Crippen LogP contribution is -2.37. The minimum Gasteiger partial charge on any atom is -0.449 e. The van der Waals surface area contributed by atoms with E-state index in [0.717, 1.165) is 4.90 Å². The van der Waals surface area contributed by atoms with Crippen molar-refractivity contribution in [1.82, 2.24) is 5.32 Å². The third-order valence-electron chi connectivity index (χ3n) is 3.41. The van der Waals surface area contributed by atoms with E-state index in [9.17, 15) is 14.4 Å². The number of carbonyl (C=O) groups is 3. The normalized spacial score (nSPS) is 15.1. The van der Waals surface area contributed by atoms with Gasteiger partial charge in [-0.05, 0) is 31.0 Å². The highest BCUT2D eigenvalue weighted by Gasteiger charge is 2.21. The summed E-state index contributed by atoms with van der Waals surface area (Å²) in [5.41, 5.74) is 0.911. The van der Waals surface area contributed by atoms with Crippen LogP contribution in [0.4, 0.5) is 5.69 Å². The van der Waals surface area contributed by atoms with Gasteiger partial charge in [0.15, 0.2) is 6.10 Å². The Morgan fingerprint density at radius 3 is 2.79 bits per heavy atom. The highest BCUT2D eigenvalue weighted by atomic mass is 32.2. The summed E-state index contributed by atoms with van der Waals surface area (Å²) in [7, 11) is 0. The average molecular weight is 350 g/mol. The SMILES string of the molecule is CC(C)CNC(=O)[C@@H](C)OC(=O)c1ccc2c(c1)NC(=O)CCS2. The molecule has 0 fully saturated rings. The van der Waals surface area contributed by atoms with Crippen LogP contribution in [0, 0.1) is 5.92 Å². The van der Waals surface area contributed by atoms with Crippen molar-refractivity contribution in [3.63, 3.8) is 0 Å². The van der Waals surface area contributed by atoms with E-state index < -0.39 is 12.1 Å². The van der Waals surface area contributed by atoms with Gasteiger partial charge in [0.1, 0.15) is 0 Å². The first-order valence-electron chi connectivity index (χ1n) is 7.92. The van der Waals surface area contributed by atoms with Crippen molar-refractivity contribution >= 4 is 35.2 Å². The molecule has 2 rings (SSSR count). The van der Waals surface area contributed by atoms with Crippen LogP contribution < -0.4 is 10.6 Å². The minimum atomic E-state index is -0.876. The van der Waals surface area contributed by atoms with E-state index in [-0.39, 0.29) is 11.8 Å². The molecular formula is C17H22N2O4S. The van der Waals surface area contributed by atoms with Crippen molar-refractivity contribution in [3.8, 4) is 0 Å². The molecule has 0 spiro atoms. The van der Waals surface area contributed by atoms with E-state index in [0.29, 0.717) is 35.9 Å². The van der Waals surface area contributed by atoms with Crippen molar-refractivity contribution < 1.29 is 19.1 Å². The maximum atomic E-state index is 12.2. The number of nitrogens with one attached hydrogen (secondary N) is 2. The number of hydrogen-bond acceptors (Lipinski definition) is 5. The fraction of sp³-hybridized carbons (Fsp3) is 0.471. The van der Waals surface area contributed by atoms with Gasteiger partial charge in [-0.3, -0.25) is 9.59 Å². The minimum absolute atomic E-state index is 0.0757. The third-order valence-corrected chi connectivity index (χ3v) is 4.49. The molecule has 6 nitrogen and oxygen atoms in total. The molecule has 1 aliphatic heterocycles. The topological polar surface area (TPSA) is 84.5 Å². The summed E-state index contributed by atoms with van der Waals surface area (Å²) in [5.74, 6) is 0.0373. The maximum Gasteiger partial charge on any atom is 0.338 e. The molecule has 1 aromatic carbocycles. The monoisotopic (exact) mass is 350 g/mol.